The Morgan fingerprint density at radius 2 is 0.597 bits per heavy atom. The highest BCUT2D eigenvalue weighted by Crippen LogP contribution is 2.13. The molecule has 1 unspecified atom stereocenters. The fourth-order valence-electron chi connectivity index (χ4n) is 6.91. The van der Waals surface area contributed by atoms with Crippen LogP contribution in [0.4, 0.5) is 0 Å². The summed E-state index contributed by atoms with van der Waals surface area (Å²) in [5.41, 5.74) is 0. The van der Waals surface area contributed by atoms with Crippen molar-refractivity contribution in [1.29, 1.82) is 0 Å². The Balaban J connectivity index is 4.39. The van der Waals surface area contributed by atoms with Gasteiger partial charge in [0.2, 0.25) is 0 Å². The third kappa shape index (κ3) is 52.6. The number of allylic oxidation sites excluding steroid dienone is 20. The minimum Gasteiger partial charge on any atom is -0.462 e. The molecule has 67 heavy (non-hydrogen) atoms. The van der Waals surface area contributed by atoms with E-state index in [1.54, 1.807) is 0 Å². The molecule has 0 rings (SSSR count). The van der Waals surface area contributed by atoms with Gasteiger partial charge in [-0.3, -0.25) is 14.4 Å². The van der Waals surface area contributed by atoms with Gasteiger partial charge in [0.25, 0.3) is 0 Å². The zero-order valence-corrected chi connectivity index (χ0v) is 43.1. The molecule has 1 atom stereocenters. The van der Waals surface area contributed by atoms with E-state index in [2.05, 4.69) is 142 Å². The highest BCUT2D eigenvalue weighted by atomic mass is 16.6. The number of hydrogen-bond donors (Lipinski definition) is 0. The molecule has 0 aromatic heterocycles. The average molecular weight is 927 g/mol. The van der Waals surface area contributed by atoms with Gasteiger partial charge >= 0.3 is 17.9 Å². The molecule has 0 saturated heterocycles. The molecule has 0 heterocycles. The van der Waals surface area contributed by atoms with Crippen molar-refractivity contribution in [3.8, 4) is 0 Å². The molecule has 0 saturated carbocycles. The summed E-state index contributed by atoms with van der Waals surface area (Å²) in [4.78, 5) is 37.9. The largest absolute Gasteiger partial charge is 0.462 e. The number of unbranched alkanes of at least 4 members (excludes halogenated alkanes) is 16. The van der Waals surface area contributed by atoms with Crippen LogP contribution in [0.2, 0.25) is 0 Å². The first-order chi connectivity index (χ1) is 33.0. The van der Waals surface area contributed by atoms with Crippen molar-refractivity contribution in [2.45, 2.75) is 232 Å². The number of ether oxygens (including phenoxy) is 3. The van der Waals surface area contributed by atoms with Gasteiger partial charge in [0.05, 0.1) is 0 Å². The minimum absolute atomic E-state index is 0.104. The van der Waals surface area contributed by atoms with E-state index in [4.69, 9.17) is 14.2 Å². The van der Waals surface area contributed by atoms with Crippen molar-refractivity contribution in [3.05, 3.63) is 122 Å². The topological polar surface area (TPSA) is 78.9 Å². The van der Waals surface area contributed by atoms with Crippen LogP contribution in [0.5, 0.6) is 0 Å². The Labute approximate surface area is 412 Å². The monoisotopic (exact) mass is 927 g/mol. The smallest absolute Gasteiger partial charge is 0.306 e. The van der Waals surface area contributed by atoms with Crippen molar-refractivity contribution < 1.29 is 28.6 Å². The second-order valence-corrected chi connectivity index (χ2v) is 17.4. The molecular formula is C61H98O6. The molecular weight excluding hydrogens is 829 g/mol. The van der Waals surface area contributed by atoms with Gasteiger partial charge in [-0.05, 0) is 109 Å². The predicted molar refractivity (Wildman–Crippen MR) is 288 cm³/mol. The van der Waals surface area contributed by atoms with Crippen molar-refractivity contribution >= 4 is 17.9 Å². The van der Waals surface area contributed by atoms with Crippen LogP contribution in [-0.4, -0.2) is 37.2 Å². The molecule has 0 spiro atoms. The van der Waals surface area contributed by atoms with Crippen molar-refractivity contribution in [1.82, 2.24) is 0 Å². The fraction of sp³-hybridized carbons (Fsp3) is 0.623. The van der Waals surface area contributed by atoms with E-state index < -0.39 is 6.10 Å². The number of hydrogen-bond acceptors (Lipinski definition) is 6. The molecule has 0 aliphatic heterocycles. The molecule has 0 amide bonds. The summed E-state index contributed by atoms with van der Waals surface area (Å²) < 4.78 is 16.7. The van der Waals surface area contributed by atoms with Crippen LogP contribution in [0.1, 0.15) is 226 Å². The molecule has 0 aromatic carbocycles. The van der Waals surface area contributed by atoms with E-state index in [1.165, 1.54) is 64.2 Å². The van der Waals surface area contributed by atoms with Gasteiger partial charge in [-0.15, -0.1) is 0 Å². The highest BCUT2D eigenvalue weighted by Gasteiger charge is 2.19. The highest BCUT2D eigenvalue weighted by molar-refractivity contribution is 5.71. The maximum atomic E-state index is 12.8. The van der Waals surface area contributed by atoms with E-state index in [0.29, 0.717) is 19.3 Å². The minimum atomic E-state index is -0.809. The van der Waals surface area contributed by atoms with Crippen molar-refractivity contribution in [2.75, 3.05) is 13.2 Å². The Kier molecular flexibility index (Phi) is 51.0. The summed E-state index contributed by atoms with van der Waals surface area (Å²) in [6, 6.07) is 0. The predicted octanol–water partition coefficient (Wildman–Crippen LogP) is 18.1. The van der Waals surface area contributed by atoms with Gasteiger partial charge in [-0.1, -0.05) is 219 Å². The first kappa shape index (κ1) is 62.8. The van der Waals surface area contributed by atoms with Crippen LogP contribution in [-0.2, 0) is 28.6 Å². The van der Waals surface area contributed by atoms with Crippen molar-refractivity contribution in [2.24, 2.45) is 0 Å². The molecule has 0 fully saturated rings. The molecule has 6 nitrogen and oxygen atoms in total. The number of rotatable bonds is 47. The van der Waals surface area contributed by atoms with E-state index in [1.807, 2.05) is 0 Å². The number of carbonyl (C=O) groups is 3. The molecule has 0 aromatic rings. The SMILES string of the molecule is CC/C=C\C/C=C\C/C=C\C/C=C\C/C=C\C/C=C\C/C=C\CCCC(=O)OCC(COC(=O)CCCCCCCCC)OC(=O)CCCCCCCC/C=C\C/C=C\C/C=C\CCCCC. The van der Waals surface area contributed by atoms with Crippen LogP contribution >= 0.6 is 0 Å². The lowest BCUT2D eigenvalue weighted by atomic mass is 10.1. The van der Waals surface area contributed by atoms with Crippen LogP contribution in [0.25, 0.3) is 0 Å². The Morgan fingerprint density at radius 3 is 1.00 bits per heavy atom. The lowest BCUT2D eigenvalue weighted by molar-refractivity contribution is -0.167. The van der Waals surface area contributed by atoms with Gasteiger partial charge in [0.15, 0.2) is 6.10 Å². The molecule has 6 heteroatoms. The van der Waals surface area contributed by atoms with E-state index in [-0.39, 0.29) is 37.5 Å². The van der Waals surface area contributed by atoms with Gasteiger partial charge in [-0.25, -0.2) is 0 Å². The first-order valence-electron chi connectivity index (χ1n) is 27.0. The van der Waals surface area contributed by atoms with E-state index in [9.17, 15) is 14.4 Å². The second kappa shape index (κ2) is 54.4. The summed E-state index contributed by atoms with van der Waals surface area (Å²) in [7, 11) is 0. The summed E-state index contributed by atoms with van der Waals surface area (Å²) in [5, 5.41) is 0. The van der Waals surface area contributed by atoms with Crippen LogP contribution < -0.4 is 0 Å². The van der Waals surface area contributed by atoms with Gasteiger partial charge in [0, 0.05) is 19.3 Å². The standard InChI is InChI=1S/C61H98O6/c1-4-7-10-13-16-18-20-22-24-26-28-29-30-31-33-34-36-38-40-42-45-48-51-54-60(63)66-57-58(56-65-59(62)53-50-47-44-15-12-9-6-3)67-61(64)55-52-49-46-43-41-39-37-35-32-27-25-23-21-19-17-14-11-8-5-2/h7,10,16-19,22-25,28-29,31-33,35-36,38,42,45,58H,4-6,8-9,11-15,20-21,26-27,30,34,37,39-41,43-44,46-57H2,1-3H3/b10-7-,18-16-,19-17-,24-22-,25-23-,29-28-,33-31-,35-32-,38-36-,45-42-. The summed E-state index contributed by atoms with van der Waals surface area (Å²) in [5.74, 6) is -0.992. The first-order valence-corrected chi connectivity index (χ1v) is 27.0. The zero-order chi connectivity index (χ0) is 48.6. The average Bonchev–Trinajstić information content (AvgIpc) is 3.33. The Morgan fingerprint density at radius 1 is 0.313 bits per heavy atom. The van der Waals surface area contributed by atoms with Gasteiger partial charge < -0.3 is 14.2 Å². The van der Waals surface area contributed by atoms with E-state index >= 15 is 0 Å². The summed E-state index contributed by atoms with van der Waals surface area (Å²) in [6.45, 7) is 6.38. The molecule has 378 valence electrons. The number of carbonyl (C=O) groups excluding carboxylic acids is 3. The molecule has 0 bridgehead atoms. The summed E-state index contributed by atoms with van der Waals surface area (Å²) >= 11 is 0. The van der Waals surface area contributed by atoms with Crippen LogP contribution in [0, 0.1) is 0 Å². The molecule has 0 aliphatic rings. The quantitative estimate of drug-likeness (QED) is 0.0262. The van der Waals surface area contributed by atoms with Gasteiger partial charge in [-0.2, -0.15) is 0 Å². The molecule has 0 aliphatic carbocycles. The fourth-order valence-corrected chi connectivity index (χ4v) is 6.91. The zero-order valence-electron chi connectivity index (χ0n) is 43.1. The Hall–Kier alpha value is -4.19. The van der Waals surface area contributed by atoms with E-state index in [0.717, 1.165) is 116 Å². The Bertz CT molecular complexity index is 1440. The van der Waals surface area contributed by atoms with Crippen molar-refractivity contribution in [3.63, 3.8) is 0 Å². The number of esters is 3. The molecule has 0 radical (unpaired) electrons. The lowest BCUT2D eigenvalue weighted by Gasteiger charge is -2.18. The van der Waals surface area contributed by atoms with Gasteiger partial charge in [0.1, 0.15) is 13.2 Å². The van der Waals surface area contributed by atoms with Crippen LogP contribution in [0.15, 0.2) is 122 Å². The van der Waals surface area contributed by atoms with Crippen LogP contribution in [0.3, 0.4) is 0 Å². The summed E-state index contributed by atoms with van der Waals surface area (Å²) in [6.07, 6.45) is 74.9. The molecule has 0 N–H and O–H groups in total. The third-order valence-electron chi connectivity index (χ3n) is 11.0. The lowest BCUT2D eigenvalue weighted by Crippen LogP contribution is -2.30. The third-order valence-corrected chi connectivity index (χ3v) is 11.0. The maximum Gasteiger partial charge on any atom is 0.306 e. The maximum absolute atomic E-state index is 12.8. The normalized spacial score (nSPS) is 13.1. The second-order valence-electron chi connectivity index (χ2n) is 17.4.